The minimum Gasteiger partial charge on any atom is -0.454 e. The maximum absolute atomic E-state index is 12.9. The molecule has 4 amide bonds. The van der Waals surface area contributed by atoms with Gasteiger partial charge in [-0.05, 0) is 68.3 Å². The number of carbonyl (C=O) groups excluding carboxylic acids is 3. The van der Waals surface area contributed by atoms with Crippen LogP contribution in [0.15, 0.2) is 54.2 Å². The summed E-state index contributed by atoms with van der Waals surface area (Å²) in [6, 6.07) is 14.3. The van der Waals surface area contributed by atoms with Crippen molar-refractivity contribution < 1.29 is 23.9 Å². The number of hydrogen-bond donors (Lipinski definition) is 2. The highest BCUT2D eigenvalue weighted by molar-refractivity contribution is 6.16. The van der Waals surface area contributed by atoms with Crippen molar-refractivity contribution >= 4 is 29.6 Å². The number of anilines is 1. The zero-order chi connectivity index (χ0) is 24.7. The number of benzene rings is 2. The van der Waals surface area contributed by atoms with Crippen LogP contribution in [0.3, 0.4) is 0 Å². The predicted molar refractivity (Wildman–Crippen MR) is 129 cm³/mol. The van der Waals surface area contributed by atoms with E-state index in [9.17, 15) is 14.4 Å². The molecule has 2 aromatic carbocycles. The number of aromatic nitrogens is 1. The second kappa shape index (κ2) is 8.68. The van der Waals surface area contributed by atoms with Gasteiger partial charge >= 0.3 is 6.03 Å². The van der Waals surface area contributed by atoms with Gasteiger partial charge in [-0.15, -0.1) is 0 Å². The Hall–Kier alpha value is -4.53. The summed E-state index contributed by atoms with van der Waals surface area (Å²) in [5.41, 5.74) is 5.20. The van der Waals surface area contributed by atoms with Crippen LogP contribution < -0.4 is 20.1 Å². The first-order chi connectivity index (χ1) is 16.8. The number of nitrogens with zero attached hydrogens (tertiary/aromatic N) is 2. The van der Waals surface area contributed by atoms with Crippen molar-refractivity contribution in [2.75, 3.05) is 18.7 Å². The molecule has 1 saturated heterocycles. The highest BCUT2D eigenvalue weighted by atomic mass is 16.7. The van der Waals surface area contributed by atoms with Crippen LogP contribution >= 0.6 is 0 Å². The number of nitrogens with one attached hydrogen (secondary N) is 2. The molecule has 5 rings (SSSR count). The fourth-order valence-electron chi connectivity index (χ4n) is 4.29. The molecule has 0 aliphatic carbocycles. The average Bonchev–Trinajstić information content (AvgIpc) is 3.46. The van der Waals surface area contributed by atoms with Crippen molar-refractivity contribution in [2.24, 2.45) is 0 Å². The van der Waals surface area contributed by atoms with E-state index in [1.54, 1.807) is 12.1 Å². The molecule has 9 nitrogen and oxygen atoms in total. The van der Waals surface area contributed by atoms with E-state index in [0.29, 0.717) is 17.2 Å². The summed E-state index contributed by atoms with van der Waals surface area (Å²) < 4.78 is 12.9. The van der Waals surface area contributed by atoms with Gasteiger partial charge in [0.15, 0.2) is 11.5 Å². The highest BCUT2D eigenvalue weighted by Gasteiger charge is 2.35. The van der Waals surface area contributed by atoms with Gasteiger partial charge in [0, 0.05) is 28.8 Å². The Balaban J connectivity index is 1.35. The Bertz CT molecular complexity index is 1400. The topological polar surface area (TPSA) is 102 Å². The largest absolute Gasteiger partial charge is 0.454 e. The van der Waals surface area contributed by atoms with Crippen molar-refractivity contribution in [2.45, 2.75) is 20.8 Å². The van der Waals surface area contributed by atoms with Crippen molar-refractivity contribution in [1.82, 2.24) is 14.8 Å². The van der Waals surface area contributed by atoms with Gasteiger partial charge in [-0.25, -0.2) is 9.69 Å². The van der Waals surface area contributed by atoms with Gasteiger partial charge in [0.2, 0.25) is 12.7 Å². The minimum absolute atomic E-state index is 0.115. The molecule has 2 aliphatic heterocycles. The molecule has 1 aromatic heterocycles. The van der Waals surface area contributed by atoms with Crippen LogP contribution in [0.25, 0.3) is 11.8 Å². The molecule has 0 spiro atoms. The van der Waals surface area contributed by atoms with E-state index in [4.69, 9.17) is 9.47 Å². The van der Waals surface area contributed by atoms with Crippen molar-refractivity contribution in [3.05, 3.63) is 76.7 Å². The van der Waals surface area contributed by atoms with Crippen LogP contribution in [0.5, 0.6) is 11.5 Å². The average molecular weight is 473 g/mol. The molecular weight excluding hydrogens is 448 g/mol. The lowest BCUT2D eigenvalue weighted by Crippen LogP contribution is -2.38. The summed E-state index contributed by atoms with van der Waals surface area (Å²) in [5.74, 6) is 0.362. The van der Waals surface area contributed by atoms with E-state index in [1.165, 1.54) is 0 Å². The van der Waals surface area contributed by atoms with Crippen LogP contribution in [0.4, 0.5) is 10.5 Å². The molecule has 0 unspecified atom stereocenters. The molecule has 2 N–H and O–H groups in total. The normalized spacial score (nSPS) is 15.6. The van der Waals surface area contributed by atoms with Crippen LogP contribution in [-0.4, -0.2) is 40.7 Å². The van der Waals surface area contributed by atoms with E-state index in [-0.39, 0.29) is 19.0 Å². The molecule has 3 aromatic rings. The summed E-state index contributed by atoms with van der Waals surface area (Å²) in [5, 5.41) is 5.30. The zero-order valence-electron chi connectivity index (χ0n) is 19.5. The van der Waals surface area contributed by atoms with Gasteiger partial charge in [-0.2, -0.15) is 0 Å². The van der Waals surface area contributed by atoms with E-state index in [0.717, 1.165) is 33.1 Å². The standard InChI is InChI=1S/C26H24N4O5/c1-15-5-4-6-19(9-15)27-24(31)13-29-25(32)21(28-26(29)33)11-18-10-16(2)30(17(18)3)20-7-8-22-23(12-20)35-14-34-22/h4-12H,13-14H2,1-3H3,(H,27,31)(H,28,33). The number of fused-ring (bicyclic) bond motifs is 1. The third kappa shape index (κ3) is 4.23. The number of imide groups is 1. The first-order valence-corrected chi connectivity index (χ1v) is 11.1. The van der Waals surface area contributed by atoms with Gasteiger partial charge in [-0.3, -0.25) is 9.59 Å². The maximum Gasteiger partial charge on any atom is 0.329 e. The molecule has 3 heterocycles. The SMILES string of the molecule is Cc1cccc(NC(=O)CN2C(=O)NC(=Cc3cc(C)n(-c4ccc5c(c4)OCO5)c3C)C2=O)c1. The van der Waals surface area contributed by atoms with E-state index in [1.807, 2.05) is 67.8 Å². The lowest BCUT2D eigenvalue weighted by atomic mass is 10.2. The maximum atomic E-state index is 12.9. The Kier molecular flexibility index (Phi) is 5.52. The van der Waals surface area contributed by atoms with Gasteiger partial charge in [0.05, 0.1) is 0 Å². The second-order valence-electron chi connectivity index (χ2n) is 8.50. The monoisotopic (exact) mass is 472 g/mol. The number of rotatable bonds is 5. The predicted octanol–water partition coefficient (Wildman–Crippen LogP) is 3.66. The highest BCUT2D eigenvalue weighted by Crippen LogP contribution is 2.35. The molecule has 9 heteroatoms. The number of amides is 4. The first-order valence-electron chi connectivity index (χ1n) is 11.1. The fourth-order valence-corrected chi connectivity index (χ4v) is 4.29. The van der Waals surface area contributed by atoms with Crippen LogP contribution in [0.1, 0.15) is 22.5 Å². The Morgan fingerprint density at radius 1 is 1.06 bits per heavy atom. The van der Waals surface area contributed by atoms with Gasteiger partial charge < -0.3 is 24.7 Å². The third-order valence-electron chi connectivity index (χ3n) is 5.95. The van der Waals surface area contributed by atoms with Gasteiger partial charge in [0.25, 0.3) is 5.91 Å². The third-order valence-corrected chi connectivity index (χ3v) is 5.95. The summed E-state index contributed by atoms with van der Waals surface area (Å²) >= 11 is 0. The van der Waals surface area contributed by atoms with Crippen molar-refractivity contribution in [1.29, 1.82) is 0 Å². The summed E-state index contributed by atoms with van der Waals surface area (Å²) in [6.07, 6.45) is 1.63. The second-order valence-corrected chi connectivity index (χ2v) is 8.50. The molecule has 2 aliphatic rings. The molecule has 178 valence electrons. The summed E-state index contributed by atoms with van der Waals surface area (Å²) in [4.78, 5) is 38.7. The number of ether oxygens (including phenoxy) is 2. The molecule has 0 radical (unpaired) electrons. The Morgan fingerprint density at radius 2 is 1.86 bits per heavy atom. The quantitative estimate of drug-likeness (QED) is 0.436. The van der Waals surface area contributed by atoms with Crippen molar-refractivity contribution in [3.8, 4) is 17.2 Å². The van der Waals surface area contributed by atoms with Gasteiger partial charge in [-0.1, -0.05) is 12.1 Å². The fraction of sp³-hybridized carbons (Fsp3) is 0.192. The lowest BCUT2D eigenvalue weighted by molar-refractivity contribution is -0.127. The van der Waals surface area contributed by atoms with Crippen LogP contribution in [0.2, 0.25) is 0 Å². The lowest BCUT2D eigenvalue weighted by Gasteiger charge is -2.12. The zero-order valence-corrected chi connectivity index (χ0v) is 19.5. The van der Waals surface area contributed by atoms with Crippen molar-refractivity contribution in [3.63, 3.8) is 0 Å². The first kappa shape index (κ1) is 22.3. The van der Waals surface area contributed by atoms with E-state index in [2.05, 4.69) is 10.6 Å². The smallest absolute Gasteiger partial charge is 0.329 e. The van der Waals surface area contributed by atoms with E-state index < -0.39 is 17.8 Å². The number of hydrogen-bond acceptors (Lipinski definition) is 5. The minimum atomic E-state index is -0.634. The number of aryl methyl sites for hydroxylation is 2. The molecule has 0 bridgehead atoms. The molecule has 1 fully saturated rings. The van der Waals surface area contributed by atoms with Crippen LogP contribution in [0, 0.1) is 20.8 Å². The number of urea groups is 1. The molecular formula is C26H24N4O5. The summed E-state index contributed by atoms with van der Waals surface area (Å²) in [7, 11) is 0. The summed E-state index contributed by atoms with van der Waals surface area (Å²) in [6.45, 7) is 5.61. The van der Waals surface area contributed by atoms with E-state index >= 15 is 0 Å². The van der Waals surface area contributed by atoms with Gasteiger partial charge in [0.1, 0.15) is 12.2 Å². The Labute approximate surface area is 201 Å². The Morgan fingerprint density at radius 3 is 2.66 bits per heavy atom. The van der Waals surface area contributed by atoms with Crippen LogP contribution in [-0.2, 0) is 9.59 Å². The molecule has 35 heavy (non-hydrogen) atoms. The molecule has 0 saturated carbocycles. The molecule has 0 atom stereocenters. The number of carbonyl (C=O) groups is 3.